The molecule has 1 aromatic heterocycles. The normalized spacial score (nSPS) is 13.6. The smallest absolute Gasteiger partial charge is 0.258 e. The van der Waals surface area contributed by atoms with Crippen LogP contribution in [0.4, 0.5) is 5.69 Å². The van der Waals surface area contributed by atoms with Crippen LogP contribution >= 0.6 is 0 Å². The molecule has 0 N–H and O–H groups in total. The van der Waals surface area contributed by atoms with Gasteiger partial charge in [0.05, 0.1) is 11.4 Å². The first-order valence-corrected chi connectivity index (χ1v) is 8.24. The number of aromatic nitrogens is 2. The van der Waals surface area contributed by atoms with Gasteiger partial charge in [-0.25, -0.2) is 4.68 Å². The Labute approximate surface area is 141 Å². The molecule has 1 aliphatic heterocycles. The molecular formula is C20H19N3O. The summed E-state index contributed by atoms with van der Waals surface area (Å²) in [6.07, 6.45) is 5.65. The summed E-state index contributed by atoms with van der Waals surface area (Å²) in [5.41, 5.74) is 5.09. The minimum Gasteiger partial charge on any atom is -0.308 e. The Bertz CT molecular complexity index is 884. The van der Waals surface area contributed by atoms with Gasteiger partial charge in [-0.1, -0.05) is 24.3 Å². The number of carbonyl (C=O) groups excluding carboxylic acids is 1. The van der Waals surface area contributed by atoms with Gasteiger partial charge in [-0.15, -0.1) is 0 Å². The number of para-hydroxylation sites is 1. The van der Waals surface area contributed by atoms with Crippen molar-refractivity contribution in [1.82, 2.24) is 9.78 Å². The first kappa shape index (κ1) is 14.7. The van der Waals surface area contributed by atoms with Crippen LogP contribution < -0.4 is 4.90 Å². The van der Waals surface area contributed by atoms with Crippen molar-refractivity contribution < 1.29 is 4.79 Å². The zero-order valence-electron chi connectivity index (χ0n) is 13.6. The number of hydrogen-bond donors (Lipinski definition) is 0. The van der Waals surface area contributed by atoms with Gasteiger partial charge < -0.3 is 4.90 Å². The maximum absolute atomic E-state index is 13.1. The fourth-order valence-corrected chi connectivity index (χ4v) is 3.41. The number of nitrogens with zero attached hydrogens (tertiary/aromatic N) is 3. The SMILES string of the molecule is Cc1cccc2c1N(C(=O)c1cccc(-n3cccn3)c1)CCC2. The molecule has 4 rings (SSSR count). The zero-order chi connectivity index (χ0) is 16.5. The fourth-order valence-electron chi connectivity index (χ4n) is 3.41. The highest BCUT2D eigenvalue weighted by Crippen LogP contribution is 2.31. The third kappa shape index (κ3) is 2.50. The molecule has 0 saturated heterocycles. The van der Waals surface area contributed by atoms with E-state index in [0.29, 0.717) is 5.56 Å². The molecule has 2 heterocycles. The van der Waals surface area contributed by atoms with E-state index in [2.05, 4.69) is 30.2 Å². The van der Waals surface area contributed by atoms with Gasteiger partial charge in [-0.05, 0) is 55.2 Å². The van der Waals surface area contributed by atoms with Crippen molar-refractivity contribution in [2.24, 2.45) is 0 Å². The number of hydrogen-bond acceptors (Lipinski definition) is 2. The number of benzene rings is 2. The number of fused-ring (bicyclic) bond motifs is 1. The molecule has 1 amide bonds. The second-order valence-corrected chi connectivity index (χ2v) is 6.14. The van der Waals surface area contributed by atoms with Crippen LogP contribution in [0.15, 0.2) is 60.9 Å². The van der Waals surface area contributed by atoms with E-state index in [9.17, 15) is 4.79 Å². The van der Waals surface area contributed by atoms with Crippen LogP contribution in [0.2, 0.25) is 0 Å². The summed E-state index contributed by atoms with van der Waals surface area (Å²) in [6.45, 7) is 2.84. The summed E-state index contributed by atoms with van der Waals surface area (Å²) in [4.78, 5) is 15.1. The van der Waals surface area contributed by atoms with E-state index in [4.69, 9.17) is 0 Å². The van der Waals surface area contributed by atoms with Gasteiger partial charge in [0.2, 0.25) is 0 Å². The van der Waals surface area contributed by atoms with Crippen LogP contribution in [0.25, 0.3) is 5.69 Å². The molecule has 0 spiro atoms. The minimum atomic E-state index is 0.0549. The van der Waals surface area contributed by atoms with E-state index in [0.717, 1.165) is 36.3 Å². The second-order valence-electron chi connectivity index (χ2n) is 6.14. The standard InChI is InChI=1S/C20H19N3O/c1-15-6-2-7-16-9-4-12-22(19(15)16)20(24)17-8-3-10-18(14-17)23-13-5-11-21-23/h2-3,5-8,10-11,13-14H,4,9,12H2,1H3. The number of aryl methyl sites for hydroxylation is 2. The van der Waals surface area contributed by atoms with Crippen LogP contribution in [0.5, 0.6) is 0 Å². The van der Waals surface area contributed by atoms with Crippen LogP contribution in [0.1, 0.15) is 27.9 Å². The van der Waals surface area contributed by atoms with Crippen molar-refractivity contribution in [1.29, 1.82) is 0 Å². The van der Waals surface area contributed by atoms with Crippen LogP contribution in [0, 0.1) is 6.92 Å². The van der Waals surface area contributed by atoms with Crippen LogP contribution in [0.3, 0.4) is 0 Å². The number of amides is 1. The van der Waals surface area contributed by atoms with E-state index < -0.39 is 0 Å². The van der Waals surface area contributed by atoms with E-state index >= 15 is 0 Å². The molecule has 0 radical (unpaired) electrons. The van der Waals surface area contributed by atoms with Crippen molar-refractivity contribution in [2.45, 2.75) is 19.8 Å². The Kier molecular flexibility index (Phi) is 3.65. The van der Waals surface area contributed by atoms with Gasteiger partial charge in [-0.2, -0.15) is 5.10 Å². The summed E-state index contributed by atoms with van der Waals surface area (Å²) < 4.78 is 1.77. The molecule has 0 unspecified atom stereocenters. The number of carbonyl (C=O) groups is 1. The summed E-state index contributed by atoms with van der Waals surface area (Å²) in [6, 6.07) is 15.8. The summed E-state index contributed by atoms with van der Waals surface area (Å²) >= 11 is 0. The van der Waals surface area contributed by atoms with Gasteiger partial charge in [0.1, 0.15) is 0 Å². The molecule has 120 valence electrons. The van der Waals surface area contributed by atoms with Crippen molar-refractivity contribution in [2.75, 3.05) is 11.4 Å². The monoisotopic (exact) mass is 317 g/mol. The van der Waals surface area contributed by atoms with E-state index in [-0.39, 0.29) is 5.91 Å². The van der Waals surface area contributed by atoms with Crippen molar-refractivity contribution >= 4 is 11.6 Å². The molecule has 3 aromatic rings. The van der Waals surface area contributed by atoms with Gasteiger partial charge >= 0.3 is 0 Å². The Hall–Kier alpha value is -2.88. The summed E-state index contributed by atoms with van der Waals surface area (Å²) in [7, 11) is 0. The molecule has 0 fully saturated rings. The first-order chi connectivity index (χ1) is 11.7. The predicted octanol–water partition coefficient (Wildman–Crippen LogP) is 3.77. The van der Waals surface area contributed by atoms with Crippen molar-refractivity contribution in [3.63, 3.8) is 0 Å². The van der Waals surface area contributed by atoms with Crippen LogP contribution in [-0.4, -0.2) is 22.2 Å². The number of rotatable bonds is 2. The topological polar surface area (TPSA) is 38.1 Å². The van der Waals surface area contributed by atoms with Gasteiger partial charge in [-0.3, -0.25) is 4.79 Å². The van der Waals surface area contributed by atoms with E-state index in [1.165, 1.54) is 5.56 Å². The molecule has 0 atom stereocenters. The third-order valence-corrected chi connectivity index (χ3v) is 4.53. The van der Waals surface area contributed by atoms with Crippen molar-refractivity contribution in [3.05, 3.63) is 77.6 Å². The molecule has 1 aliphatic rings. The lowest BCUT2D eigenvalue weighted by Crippen LogP contribution is -2.36. The quantitative estimate of drug-likeness (QED) is 0.721. The highest BCUT2D eigenvalue weighted by Gasteiger charge is 2.25. The lowest BCUT2D eigenvalue weighted by atomic mass is 9.97. The maximum Gasteiger partial charge on any atom is 0.258 e. The predicted molar refractivity (Wildman–Crippen MR) is 94.7 cm³/mol. The minimum absolute atomic E-state index is 0.0549. The maximum atomic E-state index is 13.1. The summed E-state index contributed by atoms with van der Waals surface area (Å²) in [5, 5.41) is 4.24. The fraction of sp³-hybridized carbons (Fsp3) is 0.200. The Morgan fingerprint density at radius 1 is 1.12 bits per heavy atom. The lowest BCUT2D eigenvalue weighted by molar-refractivity contribution is 0.0985. The average molecular weight is 317 g/mol. The molecule has 4 nitrogen and oxygen atoms in total. The molecule has 24 heavy (non-hydrogen) atoms. The molecule has 0 bridgehead atoms. The van der Waals surface area contributed by atoms with Crippen LogP contribution in [-0.2, 0) is 6.42 Å². The highest BCUT2D eigenvalue weighted by molar-refractivity contribution is 6.07. The van der Waals surface area contributed by atoms with Crippen molar-refractivity contribution in [3.8, 4) is 5.69 Å². The molecule has 4 heteroatoms. The largest absolute Gasteiger partial charge is 0.308 e. The lowest BCUT2D eigenvalue weighted by Gasteiger charge is -2.31. The Balaban J connectivity index is 1.72. The van der Waals surface area contributed by atoms with Gasteiger partial charge in [0.25, 0.3) is 5.91 Å². The van der Waals surface area contributed by atoms with E-state index in [1.54, 1.807) is 10.9 Å². The second kappa shape index (κ2) is 5.96. The highest BCUT2D eigenvalue weighted by atomic mass is 16.2. The first-order valence-electron chi connectivity index (χ1n) is 8.24. The molecular weight excluding hydrogens is 298 g/mol. The number of anilines is 1. The van der Waals surface area contributed by atoms with E-state index in [1.807, 2.05) is 41.4 Å². The molecule has 2 aromatic carbocycles. The van der Waals surface area contributed by atoms with Gasteiger partial charge in [0.15, 0.2) is 0 Å². The Morgan fingerprint density at radius 3 is 2.83 bits per heavy atom. The zero-order valence-corrected chi connectivity index (χ0v) is 13.6. The Morgan fingerprint density at radius 2 is 2.00 bits per heavy atom. The summed E-state index contributed by atoms with van der Waals surface area (Å²) in [5.74, 6) is 0.0549. The molecule has 0 aliphatic carbocycles. The molecule has 0 saturated carbocycles. The van der Waals surface area contributed by atoms with Gasteiger partial charge in [0, 0.05) is 24.5 Å². The average Bonchev–Trinajstić information content (AvgIpc) is 3.16. The third-order valence-electron chi connectivity index (χ3n) is 4.53.